The van der Waals surface area contributed by atoms with E-state index in [0.29, 0.717) is 32.1 Å². The van der Waals surface area contributed by atoms with Crippen LogP contribution in [0, 0.1) is 29.6 Å². The van der Waals surface area contributed by atoms with Crippen LogP contribution in [-0.4, -0.2) is 47.4 Å². The number of cyclic esters (lactones) is 1. The summed E-state index contributed by atoms with van der Waals surface area (Å²) in [6, 6.07) is 9.13. The van der Waals surface area contributed by atoms with Gasteiger partial charge in [-0.05, 0) is 55.1 Å². The summed E-state index contributed by atoms with van der Waals surface area (Å²) in [5, 5.41) is 13.0. The predicted octanol–water partition coefficient (Wildman–Crippen LogP) is 4.46. The maximum absolute atomic E-state index is 13.1. The Morgan fingerprint density at radius 2 is 1.95 bits per heavy atom. The largest absolute Gasteiger partial charge is 0.462 e. The molecule has 2 unspecified atom stereocenters. The standard InChI is InChI=1S/C32H44N2O6/c1-4-19(2)31(37)40-28-16-23(27(34-32(33)38)14-21-8-6-5-7-9-21)15-22-11-10-20(3)26(30(22)28)13-12-25-17-24(35)18-29(36)39-25/h5-11,15,19-20,23-28,30,35H,4,12-14,16-18H2,1-3H3,(H3,33,34,38)/t19?,20-,23+,24+,25+,26-,27?,28-,30-/m0/s1. The Labute approximate surface area is 237 Å². The van der Waals surface area contributed by atoms with Crippen LogP contribution >= 0.6 is 0 Å². The van der Waals surface area contributed by atoms with Gasteiger partial charge in [-0.3, -0.25) is 9.59 Å². The minimum Gasteiger partial charge on any atom is -0.462 e. The van der Waals surface area contributed by atoms with Crippen molar-refractivity contribution in [1.82, 2.24) is 5.32 Å². The first-order chi connectivity index (χ1) is 19.1. The molecule has 1 heterocycles. The lowest BCUT2D eigenvalue weighted by atomic mass is 9.64. The minimum absolute atomic E-state index is 0.0144. The molecule has 1 aliphatic heterocycles. The van der Waals surface area contributed by atoms with E-state index in [2.05, 4.69) is 30.5 Å². The molecule has 9 atom stereocenters. The Hall–Kier alpha value is -3.13. The fourth-order valence-electron chi connectivity index (χ4n) is 6.53. The molecule has 2 amide bonds. The number of nitrogens with two attached hydrogens (primary N) is 1. The predicted molar refractivity (Wildman–Crippen MR) is 152 cm³/mol. The normalized spacial score (nSPS) is 31.2. The fourth-order valence-corrected chi connectivity index (χ4v) is 6.53. The number of carbonyl (C=O) groups excluding carboxylic acids is 3. The van der Waals surface area contributed by atoms with E-state index in [1.165, 1.54) is 0 Å². The zero-order chi connectivity index (χ0) is 28.8. The van der Waals surface area contributed by atoms with Crippen molar-refractivity contribution in [2.24, 2.45) is 35.3 Å². The number of rotatable bonds is 10. The average Bonchev–Trinajstić information content (AvgIpc) is 2.91. The molecule has 0 bridgehead atoms. The van der Waals surface area contributed by atoms with Crippen molar-refractivity contribution >= 4 is 18.0 Å². The first-order valence-corrected chi connectivity index (χ1v) is 14.7. The number of hydrogen-bond donors (Lipinski definition) is 3. The van der Waals surface area contributed by atoms with E-state index in [-0.39, 0.29) is 66.2 Å². The highest BCUT2D eigenvalue weighted by Crippen LogP contribution is 2.46. The number of aliphatic hydroxyl groups is 1. The van der Waals surface area contributed by atoms with E-state index in [9.17, 15) is 19.5 Å². The highest BCUT2D eigenvalue weighted by atomic mass is 16.5. The van der Waals surface area contributed by atoms with E-state index < -0.39 is 12.1 Å². The number of urea groups is 1. The van der Waals surface area contributed by atoms with Gasteiger partial charge in [0.25, 0.3) is 0 Å². The SMILES string of the molecule is CCC(C)C(=O)O[C@H]1C[C@H](C(Cc2ccccc2)NC(N)=O)C=C2C=C[C@H](C)[C@H](CC[C@@H]3C[C@@H](O)CC(=O)O3)[C@H]21. The van der Waals surface area contributed by atoms with Gasteiger partial charge in [-0.1, -0.05) is 69.3 Å². The highest BCUT2D eigenvalue weighted by molar-refractivity contribution is 5.73. The molecule has 8 nitrogen and oxygen atoms in total. The summed E-state index contributed by atoms with van der Waals surface area (Å²) >= 11 is 0. The Bertz CT molecular complexity index is 1100. The summed E-state index contributed by atoms with van der Waals surface area (Å²) in [5.41, 5.74) is 7.80. The molecule has 0 aromatic heterocycles. The molecular formula is C32H44N2O6. The quantitative estimate of drug-likeness (QED) is 0.368. The molecule has 218 valence electrons. The monoisotopic (exact) mass is 552 g/mol. The molecule has 0 radical (unpaired) electrons. The van der Waals surface area contributed by atoms with Crippen LogP contribution in [0.2, 0.25) is 0 Å². The number of fused-ring (bicyclic) bond motifs is 1. The number of aliphatic hydroxyl groups excluding tert-OH is 1. The first kappa shape index (κ1) is 29.8. The van der Waals surface area contributed by atoms with Crippen LogP contribution in [0.5, 0.6) is 0 Å². The number of benzene rings is 1. The van der Waals surface area contributed by atoms with Gasteiger partial charge in [-0.25, -0.2) is 4.79 Å². The van der Waals surface area contributed by atoms with Crippen LogP contribution in [0.3, 0.4) is 0 Å². The second-order valence-corrected chi connectivity index (χ2v) is 11.8. The molecule has 1 aromatic carbocycles. The second kappa shape index (κ2) is 13.5. The zero-order valence-electron chi connectivity index (χ0n) is 23.8. The number of amides is 2. The third kappa shape index (κ3) is 7.53. The van der Waals surface area contributed by atoms with E-state index in [0.717, 1.165) is 17.6 Å². The molecule has 2 aliphatic carbocycles. The van der Waals surface area contributed by atoms with Crippen molar-refractivity contribution in [2.45, 2.75) is 90.1 Å². The molecule has 0 spiro atoms. The third-order valence-corrected chi connectivity index (χ3v) is 8.91. The molecule has 4 rings (SSSR count). The fraction of sp³-hybridized carbons (Fsp3) is 0.594. The summed E-state index contributed by atoms with van der Waals surface area (Å²) in [7, 11) is 0. The summed E-state index contributed by atoms with van der Waals surface area (Å²) in [4.78, 5) is 37.0. The Kier molecular flexibility index (Phi) is 10.1. The lowest BCUT2D eigenvalue weighted by Gasteiger charge is -2.45. The number of esters is 2. The van der Waals surface area contributed by atoms with E-state index in [1.807, 2.05) is 44.2 Å². The van der Waals surface area contributed by atoms with Crippen LogP contribution < -0.4 is 11.1 Å². The number of ether oxygens (including phenoxy) is 2. The van der Waals surface area contributed by atoms with Crippen LogP contribution in [-0.2, 0) is 25.5 Å². The number of primary amides is 1. The van der Waals surface area contributed by atoms with Crippen molar-refractivity contribution < 1.29 is 29.0 Å². The van der Waals surface area contributed by atoms with Gasteiger partial charge in [0.15, 0.2) is 0 Å². The topological polar surface area (TPSA) is 128 Å². The second-order valence-electron chi connectivity index (χ2n) is 11.8. The Morgan fingerprint density at radius 3 is 2.62 bits per heavy atom. The maximum atomic E-state index is 13.1. The zero-order valence-corrected chi connectivity index (χ0v) is 23.8. The summed E-state index contributed by atoms with van der Waals surface area (Å²) in [6.45, 7) is 6.03. The van der Waals surface area contributed by atoms with Crippen molar-refractivity contribution in [3.63, 3.8) is 0 Å². The molecule has 1 saturated heterocycles. The smallest absolute Gasteiger partial charge is 0.312 e. The number of nitrogens with one attached hydrogen (secondary N) is 1. The van der Waals surface area contributed by atoms with E-state index in [1.54, 1.807) is 0 Å². The third-order valence-electron chi connectivity index (χ3n) is 8.91. The van der Waals surface area contributed by atoms with Crippen LogP contribution in [0.4, 0.5) is 4.79 Å². The highest BCUT2D eigenvalue weighted by Gasteiger charge is 2.44. The molecule has 3 aliphatic rings. The number of carbonyl (C=O) groups is 3. The van der Waals surface area contributed by atoms with Crippen molar-refractivity contribution in [1.29, 1.82) is 0 Å². The van der Waals surface area contributed by atoms with Crippen molar-refractivity contribution in [3.05, 3.63) is 59.7 Å². The van der Waals surface area contributed by atoms with Crippen LogP contribution in [0.1, 0.15) is 64.9 Å². The number of allylic oxidation sites excluding steroid dienone is 2. The minimum atomic E-state index is -0.663. The molecule has 0 saturated carbocycles. The molecule has 40 heavy (non-hydrogen) atoms. The summed E-state index contributed by atoms with van der Waals surface area (Å²) in [6.07, 6.45) is 8.99. The molecule has 8 heteroatoms. The van der Waals surface area contributed by atoms with Crippen molar-refractivity contribution in [2.75, 3.05) is 0 Å². The van der Waals surface area contributed by atoms with Crippen molar-refractivity contribution in [3.8, 4) is 0 Å². The van der Waals surface area contributed by atoms with Gasteiger partial charge in [-0.15, -0.1) is 0 Å². The van der Waals surface area contributed by atoms with E-state index >= 15 is 0 Å². The molecule has 1 fully saturated rings. The molecule has 1 aromatic rings. The summed E-state index contributed by atoms with van der Waals surface area (Å²) in [5.74, 6) is -0.470. The van der Waals surface area contributed by atoms with Gasteiger partial charge >= 0.3 is 18.0 Å². The van der Waals surface area contributed by atoms with Gasteiger partial charge in [0, 0.05) is 24.3 Å². The van der Waals surface area contributed by atoms with Gasteiger partial charge in [0.1, 0.15) is 12.2 Å². The van der Waals surface area contributed by atoms with Gasteiger partial charge in [-0.2, -0.15) is 0 Å². The van der Waals surface area contributed by atoms with Crippen LogP contribution in [0.15, 0.2) is 54.1 Å². The lowest BCUT2D eigenvalue weighted by molar-refractivity contribution is -0.162. The summed E-state index contributed by atoms with van der Waals surface area (Å²) < 4.78 is 11.8. The van der Waals surface area contributed by atoms with Gasteiger partial charge in [0.2, 0.25) is 0 Å². The van der Waals surface area contributed by atoms with Crippen LogP contribution in [0.25, 0.3) is 0 Å². The lowest BCUT2D eigenvalue weighted by Crippen LogP contribution is -2.49. The van der Waals surface area contributed by atoms with E-state index in [4.69, 9.17) is 15.2 Å². The van der Waals surface area contributed by atoms with Gasteiger partial charge in [0.05, 0.1) is 18.4 Å². The first-order valence-electron chi connectivity index (χ1n) is 14.7. The number of hydrogen-bond acceptors (Lipinski definition) is 6. The average molecular weight is 553 g/mol. The molecular weight excluding hydrogens is 508 g/mol. The Morgan fingerprint density at radius 1 is 1.20 bits per heavy atom. The maximum Gasteiger partial charge on any atom is 0.312 e. The van der Waals surface area contributed by atoms with Gasteiger partial charge < -0.3 is 25.6 Å². The Balaban J connectivity index is 1.61. The molecule has 4 N–H and O–H groups in total.